The van der Waals surface area contributed by atoms with E-state index in [-0.39, 0.29) is 17.5 Å². The first kappa shape index (κ1) is 18.5. The van der Waals surface area contributed by atoms with Gasteiger partial charge in [-0.05, 0) is 56.2 Å². The molecule has 0 saturated heterocycles. The second kappa shape index (κ2) is 9.46. The van der Waals surface area contributed by atoms with Gasteiger partial charge in [-0.15, -0.1) is 0 Å². The Morgan fingerprint density at radius 3 is 2.64 bits per heavy atom. The van der Waals surface area contributed by atoms with Crippen LogP contribution in [0, 0.1) is 5.82 Å². The number of carbonyl (C=O) groups excluding carboxylic acids is 2. The van der Waals surface area contributed by atoms with E-state index in [1.165, 1.54) is 24.5 Å². The third-order valence-corrected chi connectivity index (χ3v) is 3.44. The van der Waals surface area contributed by atoms with Gasteiger partial charge in [-0.2, -0.15) is 0 Å². The van der Waals surface area contributed by atoms with Gasteiger partial charge in [-0.3, -0.25) is 9.59 Å². The molecule has 2 aromatic rings. The minimum Gasteiger partial charge on any atom is -0.494 e. The first-order valence-corrected chi connectivity index (χ1v) is 8.06. The molecule has 2 N–H and O–H groups in total. The molecule has 0 bridgehead atoms. The van der Waals surface area contributed by atoms with Gasteiger partial charge in [0.05, 0.1) is 12.9 Å². The number of unbranched alkanes of at least 4 members (excludes halogenated alkanes) is 1. The minimum absolute atomic E-state index is 0.164. The molecule has 0 aliphatic rings. The summed E-state index contributed by atoms with van der Waals surface area (Å²) in [7, 11) is 0. The second-order valence-electron chi connectivity index (χ2n) is 5.47. The van der Waals surface area contributed by atoms with E-state index in [0.717, 1.165) is 12.8 Å². The molecule has 1 atom stereocenters. The summed E-state index contributed by atoms with van der Waals surface area (Å²) in [4.78, 5) is 23.7. The van der Waals surface area contributed by atoms with E-state index in [0.29, 0.717) is 18.9 Å². The van der Waals surface area contributed by atoms with Crippen LogP contribution in [0.25, 0.3) is 0 Å². The van der Waals surface area contributed by atoms with Gasteiger partial charge in [0.15, 0.2) is 5.76 Å². The molecular weight excluding hydrogens is 327 g/mol. The Kier molecular flexibility index (Phi) is 7.00. The van der Waals surface area contributed by atoms with E-state index in [9.17, 15) is 14.0 Å². The van der Waals surface area contributed by atoms with Crippen LogP contribution in [0.3, 0.4) is 0 Å². The highest BCUT2D eigenvalue weighted by atomic mass is 19.1. The number of ether oxygens (including phenoxy) is 1. The zero-order valence-electron chi connectivity index (χ0n) is 14.0. The Morgan fingerprint density at radius 1 is 1.20 bits per heavy atom. The number of halogens is 1. The third-order valence-electron chi connectivity index (χ3n) is 3.44. The molecule has 1 aromatic carbocycles. The van der Waals surface area contributed by atoms with E-state index >= 15 is 0 Å². The van der Waals surface area contributed by atoms with Crippen LogP contribution in [0.2, 0.25) is 0 Å². The van der Waals surface area contributed by atoms with E-state index < -0.39 is 11.9 Å². The number of nitrogens with one attached hydrogen (secondary N) is 2. The van der Waals surface area contributed by atoms with Crippen molar-refractivity contribution in [2.24, 2.45) is 0 Å². The van der Waals surface area contributed by atoms with E-state index in [4.69, 9.17) is 9.15 Å². The summed E-state index contributed by atoms with van der Waals surface area (Å²) < 4.78 is 23.2. The lowest BCUT2D eigenvalue weighted by molar-refractivity contribution is -0.122. The van der Waals surface area contributed by atoms with Crippen molar-refractivity contribution in [1.82, 2.24) is 10.6 Å². The Bertz CT molecular complexity index is 671. The van der Waals surface area contributed by atoms with Crippen LogP contribution in [-0.2, 0) is 4.79 Å². The maximum Gasteiger partial charge on any atom is 0.287 e. The number of amides is 2. The van der Waals surface area contributed by atoms with Crippen molar-refractivity contribution in [3.05, 3.63) is 54.2 Å². The van der Waals surface area contributed by atoms with E-state index in [1.807, 2.05) is 0 Å². The average molecular weight is 348 g/mol. The van der Waals surface area contributed by atoms with Gasteiger partial charge in [-0.25, -0.2) is 4.39 Å². The van der Waals surface area contributed by atoms with E-state index in [2.05, 4.69) is 10.6 Å². The SMILES string of the molecule is CC(NC(=O)c1ccco1)C(=O)NCCCCOc1ccc(F)cc1. The van der Waals surface area contributed by atoms with Gasteiger partial charge in [0.25, 0.3) is 5.91 Å². The highest BCUT2D eigenvalue weighted by Crippen LogP contribution is 2.11. The van der Waals surface area contributed by atoms with Crippen molar-refractivity contribution < 1.29 is 23.1 Å². The molecule has 25 heavy (non-hydrogen) atoms. The average Bonchev–Trinajstić information content (AvgIpc) is 3.14. The maximum absolute atomic E-state index is 12.7. The van der Waals surface area contributed by atoms with Crippen LogP contribution in [-0.4, -0.2) is 31.0 Å². The molecule has 6 nitrogen and oxygen atoms in total. The molecule has 1 unspecified atom stereocenters. The number of hydrogen-bond acceptors (Lipinski definition) is 4. The monoisotopic (exact) mass is 348 g/mol. The minimum atomic E-state index is -0.659. The van der Waals surface area contributed by atoms with Crippen molar-refractivity contribution in [3.63, 3.8) is 0 Å². The molecule has 1 aromatic heterocycles. The number of hydrogen-bond donors (Lipinski definition) is 2. The number of benzene rings is 1. The van der Waals surface area contributed by atoms with Crippen molar-refractivity contribution in [2.75, 3.05) is 13.2 Å². The third kappa shape index (κ3) is 6.29. The van der Waals surface area contributed by atoms with Crippen LogP contribution >= 0.6 is 0 Å². The van der Waals surface area contributed by atoms with Crippen LogP contribution in [0.1, 0.15) is 30.3 Å². The normalized spacial score (nSPS) is 11.6. The Balaban J connectivity index is 1.57. The lowest BCUT2D eigenvalue weighted by Gasteiger charge is -2.13. The van der Waals surface area contributed by atoms with Gasteiger partial charge in [-0.1, -0.05) is 0 Å². The highest BCUT2D eigenvalue weighted by Gasteiger charge is 2.17. The molecule has 2 rings (SSSR count). The summed E-state index contributed by atoms with van der Waals surface area (Å²) in [5.41, 5.74) is 0. The second-order valence-corrected chi connectivity index (χ2v) is 5.47. The zero-order chi connectivity index (χ0) is 18.1. The zero-order valence-corrected chi connectivity index (χ0v) is 14.0. The van der Waals surface area contributed by atoms with Gasteiger partial charge >= 0.3 is 0 Å². The topological polar surface area (TPSA) is 80.6 Å². The first-order valence-electron chi connectivity index (χ1n) is 8.06. The number of carbonyl (C=O) groups is 2. The lowest BCUT2D eigenvalue weighted by Crippen LogP contribution is -2.45. The van der Waals surface area contributed by atoms with Crippen LogP contribution in [0.4, 0.5) is 4.39 Å². The summed E-state index contributed by atoms with van der Waals surface area (Å²) in [6.45, 7) is 2.56. The lowest BCUT2D eigenvalue weighted by atomic mass is 10.2. The molecule has 0 aliphatic carbocycles. The molecule has 0 fully saturated rings. The predicted molar refractivity (Wildman–Crippen MR) is 89.8 cm³/mol. The molecule has 0 spiro atoms. The van der Waals surface area contributed by atoms with Gasteiger partial charge in [0.1, 0.15) is 17.6 Å². The largest absolute Gasteiger partial charge is 0.494 e. The fourth-order valence-corrected chi connectivity index (χ4v) is 2.05. The molecule has 0 saturated carbocycles. The van der Waals surface area contributed by atoms with Gasteiger partial charge in [0, 0.05) is 6.54 Å². The molecule has 134 valence electrons. The van der Waals surface area contributed by atoms with Crippen LogP contribution < -0.4 is 15.4 Å². The summed E-state index contributed by atoms with van der Waals surface area (Å²) in [6.07, 6.45) is 2.87. The maximum atomic E-state index is 12.7. The van der Waals surface area contributed by atoms with Gasteiger partial charge < -0.3 is 19.8 Å². The van der Waals surface area contributed by atoms with Crippen molar-refractivity contribution in [2.45, 2.75) is 25.8 Å². The summed E-state index contributed by atoms with van der Waals surface area (Å²) in [5.74, 6) is -0.222. The first-order chi connectivity index (χ1) is 12.1. The standard InChI is InChI=1S/C18H21FN2O4/c1-13(21-18(23)16-5-4-12-25-16)17(22)20-10-2-3-11-24-15-8-6-14(19)7-9-15/h4-9,12-13H,2-3,10-11H2,1H3,(H,20,22)(H,21,23). The highest BCUT2D eigenvalue weighted by molar-refractivity contribution is 5.95. The molecule has 0 radical (unpaired) electrons. The molecule has 1 heterocycles. The summed E-state index contributed by atoms with van der Waals surface area (Å²) >= 11 is 0. The number of furan rings is 1. The van der Waals surface area contributed by atoms with Crippen LogP contribution in [0.5, 0.6) is 5.75 Å². The van der Waals surface area contributed by atoms with Crippen molar-refractivity contribution in [3.8, 4) is 5.75 Å². The van der Waals surface area contributed by atoms with E-state index in [1.54, 1.807) is 25.1 Å². The smallest absolute Gasteiger partial charge is 0.287 e. The van der Waals surface area contributed by atoms with Crippen molar-refractivity contribution in [1.29, 1.82) is 0 Å². The fraction of sp³-hybridized carbons (Fsp3) is 0.333. The van der Waals surface area contributed by atoms with Crippen molar-refractivity contribution >= 4 is 11.8 Å². The fourth-order valence-electron chi connectivity index (χ4n) is 2.05. The quantitative estimate of drug-likeness (QED) is 0.683. The molecule has 7 heteroatoms. The Morgan fingerprint density at radius 2 is 1.96 bits per heavy atom. The number of rotatable bonds is 9. The predicted octanol–water partition coefficient (Wildman–Crippen LogP) is 2.51. The summed E-state index contributed by atoms with van der Waals surface area (Å²) in [6, 6.07) is 8.30. The summed E-state index contributed by atoms with van der Waals surface area (Å²) in [5, 5.41) is 5.31. The molecule has 0 aliphatic heterocycles. The Labute approximate surface area is 145 Å². The van der Waals surface area contributed by atoms with Crippen LogP contribution in [0.15, 0.2) is 47.1 Å². The molecule has 2 amide bonds. The van der Waals surface area contributed by atoms with Gasteiger partial charge in [0.2, 0.25) is 5.91 Å². The molecular formula is C18H21FN2O4. The Hall–Kier alpha value is -2.83.